The third-order valence-corrected chi connectivity index (χ3v) is 6.55. The molecule has 0 aromatic heterocycles. The Morgan fingerprint density at radius 3 is 2.50 bits per heavy atom. The minimum absolute atomic E-state index is 0.199. The van der Waals surface area contributed by atoms with E-state index in [4.69, 9.17) is 25.8 Å². The van der Waals surface area contributed by atoms with Gasteiger partial charge >= 0.3 is 5.97 Å². The van der Waals surface area contributed by atoms with Crippen LogP contribution in [0.1, 0.15) is 31.2 Å². The molecule has 180 valence electrons. The van der Waals surface area contributed by atoms with E-state index in [2.05, 4.69) is 5.32 Å². The molecular formula is C25H27ClN2O6. The predicted molar refractivity (Wildman–Crippen MR) is 126 cm³/mol. The van der Waals surface area contributed by atoms with Gasteiger partial charge in [0.1, 0.15) is 13.2 Å². The number of esters is 1. The van der Waals surface area contributed by atoms with Gasteiger partial charge in [-0.3, -0.25) is 14.4 Å². The Hall–Kier alpha value is -3.26. The monoisotopic (exact) mass is 486 g/mol. The molecule has 1 heterocycles. The van der Waals surface area contributed by atoms with Gasteiger partial charge in [-0.2, -0.15) is 0 Å². The molecule has 4 rings (SSSR count). The minimum Gasteiger partial charge on any atom is -0.486 e. The lowest BCUT2D eigenvalue weighted by molar-refractivity contribution is -0.156. The fourth-order valence-corrected chi connectivity index (χ4v) is 4.54. The van der Waals surface area contributed by atoms with Crippen LogP contribution in [0.25, 0.3) is 0 Å². The number of nitrogens with zero attached hydrogens (tertiary/aromatic N) is 1. The average molecular weight is 487 g/mol. The van der Waals surface area contributed by atoms with Crippen LogP contribution >= 0.6 is 11.6 Å². The van der Waals surface area contributed by atoms with Crippen molar-refractivity contribution in [2.24, 2.45) is 0 Å². The SMILES string of the molecule is CN(CC(=O)Nc1ccccc1Cl)C(=O)COC(=O)C1(c2ccc3c(c2)OCCO3)CCCC1. The molecule has 34 heavy (non-hydrogen) atoms. The molecule has 1 N–H and O–H groups in total. The van der Waals surface area contributed by atoms with Crippen LogP contribution < -0.4 is 14.8 Å². The second kappa shape index (κ2) is 10.3. The summed E-state index contributed by atoms with van der Waals surface area (Å²) in [6.07, 6.45) is 3.05. The van der Waals surface area contributed by atoms with Crippen molar-refractivity contribution in [1.82, 2.24) is 4.90 Å². The number of rotatable bonds is 7. The summed E-state index contributed by atoms with van der Waals surface area (Å²) in [5.74, 6) is -0.0488. The molecule has 2 aliphatic rings. The summed E-state index contributed by atoms with van der Waals surface area (Å²) in [4.78, 5) is 39.3. The third-order valence-electron chi connectivity index (χ3n) is 6.22. The lowest BCUT2D eigenvalue weighted by Gasteiger charge is -2.29. The first-order chi connectivity index (χ1) is 16.4. The first-order valence-corrected chi connectivity index (χ1v) is 11.6. The number of carbonyl (C=O) groups is 3. The molecule has 0 atom stereocenters. The van der Waals surface area contributed by atoms with Crippen molar-refractivity contribution in [3.05, 3.63) is 53.1 Å². The van der Waals surface area contributed by atoms with Crippen LogP contribution in [0, 0.1) is 0 Å². The standard InChI is InChI=1S/C25H27ClN2O6/c1-28(15-22(29)27-19-7-3-2-6-18(19)26)23(30)16-34-24(31)25(10-4-5-11-25)17-8-9-20-21(14-17)33-13-12-32-20/h2-3,6-9,14H,4-5,10-13,15-16H2,1H3,(H,27,29). The number of anilines is 1. The number of nitrogens with one attached hydrogen (secondary N) is 1. The van der Waals surface area contributed by atoms with Crippen LogP contribution in [-0.4, -0.2) is 56.1 Å². The molecule has 1 aliphatic carbocycles. The summed E-state index contributed by atoms with van der Waals surface area (Å²) >= 11 is 6.05. The van der Waals surface area contributed by atoms with Crippen molar-refractivity contribution in [2.45, 2.75) is 31.1 Å². The molecule has 1 aliphatic heterocycles. The fraction of sp³-hybridized carbons (Fsp3) is 0.400. The molecule has 0 spiro atoms. The largest absolute Gasteiger partial charge is 0.486 e. The third kappa shape index (κ3) is 5.12. The Balaban J connectivity index is 1.36. The van der Waals surface area contributed by atoms with E-state index >= 15 is 0 Å². The molecular weight excluding hydrogens is 460 g/mol. The lowest BCUT2D eigenvalue weighted by Crippen LogP contribution is -2.40. The number of hydrogen-bond acceptors (Lipinski definition) is 6. The molecule has 1 fully saturated rings. The zero-order chi connectivity index (χ0) is 24.1. The van der Waals surface area contributed by atoms with E-state index < -0.39 is 29.8 Å². The maximum atomic E-state index is 13.2. The quantitative estimate of drug-likeness (QED) is 0.601. The molecule has 9 heteroatoms. The first kappa shape index (κ1) is 23.9. The molecule has 0 radical (unpaired) electrons. The fourth-order valence-electron chi connectivity index (χ4n) is 4.36. The number of amides is 2. The Labute approximate surface area is 203 Å². The summed E-state index contributed by atoms with van der Waals surface area (Å²) in [5.41, 5.74) is 0.444. The predicted octanol–water partition coefficient (Wildman–Crippen LogP) is 3.56. The van der Waals surface area contributed by atoms with E-state index in [0.29, 0.717) is 48.3 Å². The molecule has 1 saturated carbocycles. The van der Waals surface area contributed by atoms with Crippen molar-refractivity contribution < 1.29 is 28.6 Å². The van der Waals surface area contributed by atoms with E-state index in [0.717, 1.165) is 18.4 Å². The minimum atomic E-state index is -0.823. The van der Waals surface area contributed by atoms with Gasteiger partial charge in [-0.25, -0.2) is 0 Å². The number of hydrogen-bond donors (Lipinski definition) is 1. The number of halogens is 1. The maximum Gasteiger partial charge on any atom is 0.317 e. The highest BCUT2D eigenvalue weighted by Crippen LogP contribution is 2.45. The highest BCUT2D eigenvalue weighted by molar-refractivity contribution is 6.33. The van der Waals surface area contributed by atoms with Crippen LogP contribution in [0.3, 0.4) is 0 Å². The second-order valence-corrected chi connectivity index (χ2v) is 8.91. The molecule has 2 aromatic rings. The molecule has 0 saturated heterocycles. The summed E-state index contributed by atoms with van der Waals surface area (Å²) in [7, 11) is 1.48. The number of likely N-dealkylation sites (N-methyl/N-ethyl adjacent to an activating group) is 1. The van der Waals surface area contributed by atoms with Crippen molar-refractivity contribution >= 4 is 35.1 Å². The van der Waals surface area contributed by atoms with Crippen LogP contribution in [0.2, 0.25) is 5.02 Å². The van der Waals surface area contributed by atoms with Gasteiger partial charge in [0.15, 0.2) is 18.1 Å². The van der Waals surface area contributed by atoms with Crippen LogP contribution in [0.15, 0.2) is 42.5 Å². The van der Waals surface area contributed by atoms with Gasteiger partial charge in [0.25, 0.3) is 5.91 Å². The molecule has 2 amide bonds. The normalized spacial score (nSPS) is 15.9. The molecule has 8 nitrogen and oxygen atoms in total. The van der Waals surface area contributed by atoms with Gasteiger partial charge in [0.2, 0.25) is 5.91 Å². The van der Waals surface area contributed by atoms with E-state index in [9.17, 15) is 14.4 Å². The number of benzene rings is 2. The van der Waals surface area contributed by atoms with Gasteiger partial charge in [0, 0.05) is 7.05 Å². The van der Waals surface area contributed by atoms with Crippen LogP contribution in [0.5, 0.6) is 11.5 Å². The van der Waals surface area contributed by atoms with Gasteiger partial charge < -0.3 is 24.4 Å². The number of ether oxygens (including phenoxy) is 3. The maximum absolute atomic E-state index is 13.2. The smallest absolute Gasteiger partial charge is 0.317 e. The highest BCUT2D eigenvalue weighted by atomic mass is 35.5. The van der Waals surface area contributed by atoms with Gasteiger partial charge in [-0.15, -0.1) is 0 Å². The van der Waals surface area contributed by atoms with Gasteiger partial charge in [0.05, 0.1) is 22.7 Å². The number of carbonyl (C=O) groups excluding carboxylic acids is 3. The Morgan fingerprint density at radius 1 is 1.06 bits per heavy atom. The van der Waals surface area contributed by atoms with Gasteiger partial charge in [-0.1, -0.05) is 42.6 Å². The van der Waals surface area contributed by atoms with Gasteiger partial charge in [-0.05, 0) is 42.7 Å². The average Bonchev–Trinajstić information content (AvgIpc) is 3.34. The topological polar surface area (TPSA) is 94.2 Å². The van der Waals surface area contributed by atoms with Crippen molar-refractivity contribution in [3.63, 3.8) is 0 Å². The lowest BCUT2D eigenvalue weighted by atomic mass is 9.78. The molecule has 0 unspecified atom stereocenters. The highest BCUT2D eigenvalue weighted by Gasteiger charge is 2.45. The van der Waals surface area contributed by atoms with Crippen molar-refractivity contribution in [3.8, 4) is 11.5 Å². The Bertz CT molecular complexity index is 1080. The summed E-state index contributed by atoms with van der Waals surface area (Å²) in [6.45, 7) is 0.306. The van der Waals surface area contributed by atoms with Crippen LogP contribution in [-0.2, 0) is 24.5 Å². The summed E-state index contributed by atoms with van der Waals surface area (Å²) in [6, 6.07) is 12.4. The number of para-hydroxylation sites is 1. The second-order valence-electron chi connectivity index (χ2n) is 8.50. The zero-order valence-corrected chi connectivity index (χ0v) is 19.7. The Kier molecular flexibility index (Phi) is 7.26. The van der Waals surface area contributed by atoms with Crippen molar-refractivity contribution in [1.29, 1.82) is 0 Å². The van der Waals surface area contributed by atoms with E-state index in [1.165, 1.54) is 11.9 Å². The van der Waals surface area contributed by atoms with Crippen molar-refractivity contribution in [2.75, 3.05) is 38.7 Å². The Morgan fingerprint density at radius 2 is 1.76 bits per heavy atom. The molecule has 0 bridgehead atoms. The van der Waals surface area contributed by atoms with E-state index in [1.807, 2.05) is 18.2 Å². The summed E-state index contributed by atoms with van der Waals surface area (Å²) in [5, 5.41) is 3.07. The molecule has 2 aromatic carbocycles. The van der Waals surface area contributed by atoms with E-state index in [-0.39, 0.29) is 6.54 Å². The zero-order valence-electron chi connectivity index (χ0n) is 19.0. The number of fused-ring (bicyclic) bond motifs is 1. The first-order valence-electron chi connectivity index (χ1n) is 11.2. The van der Waals surface area contributed by atoms with Crippen LogP contribution in [0.4, 0.5) is 5.69 Å². The summed E-state index contributed by atoms with van der Waals surface area (Å²) < 4.78 is 16.7. The van der Waals surface area contributed by atoms with E-state index in [1.54, 1.807) is 24.3 Å².